The molecule has 0 saturated heterocycles. The molecule has 0 saturated carbocycles. The van der Waals surface area contributed by atoms with Crippen molar-refractivity contribution in [1.29, 1.82) is 0 Å². The van der Waals surface area contributed by atoms with Crippen LogP contribution in [0.1, 0.15) is 18.1 Å². The van der Waals surface area contributed by atoms with Crippen molar-refractivity contribution in [2.24, 2.45) is 0 Å². The summed E-state index contributed by atoms with van der Waals surface area (Å²) in [6.45, 7) is 4.72. The van der Waals surface area contributed by atoms with Gasteiger partial charge in [-0.2, -0.15) is 0 Å². The van der Waals surface area contributed by atoms with E-state index in [0.717, 1.165) is 21.3 Å². The average molecular weight is 332 g/mol. The lowest BCUT2D eigenvalue weighted by Crippen LogP contribution is -2.32. The molecule has 0 fully saturated rings. The second-order valence-corrected chi connectivity index (χ2v) is 5.64. The fraction of sp³-hybridized carbons (Fsp3) is 0.235. The number of nitrogens with zero attached hydrogens (tertiary/aromatic N) is 1. The molecular weight excluding hydrogens is 314 g/mol. The van der Waals surface area contributed by atoms with Crippen LogP contribution in [0.15, 0.2) is 53.0 Å². The van der Waals surface area contributed by atoms with Gasteiger partial charge in [0.1, 0.15) is 0 Å². The van der Waals surface area contributed by atoms with Crippen LogP contribution in [-0.2, 0) is 11.2 Å². The summed E-state index contributed by atoms with van der Waals surface area (Å²) in [4.78, 5) is 14.3. The molecule has 0 aliphatic heterocycles. The van der Waals surface area contributed by atoms with Crippen molar-refractivity contribution in [3.05, 3.63) is 64.1 Å². The predicted molar refractivity (Wildman–Crippen MR) is 87.1 cm³/mol. The zero-order valence-electron chi connectivity index (χ0n) is 11.8. The smallest absolute Gasteiger partial charge is 0.231 e. The first kappa shape index (κ1) is 14.8. The van der Waals surface area contributed by atoms with E-state index in [9.17, 15) is 4.79 Å². The Morgan fingerprint density at radius 1 is 1.10 bits per heavy atom. The molecule has 104 valence electrons. The van der Waals surface area contributed by atoms with Crippen LogP contribution in [0.3, 0.4) is 0 Å². The first-order valence-electron chi connectivity index (χ1n) is 6.72. The van der Waals surface area contributed by atoms with E-state index in [1.165, 1.54) is 0 Å². The Hall–Kier alpha value is -1.61. The van der Waals surface area contributed by atoms with Crippen LogP contribution in [0, 0.1) is 6.92 Å². The second-order valence-electron chi connectivity index (χ2n) is 4.73. The summed E-state index contributed by atoms with van der Waals surface area (Å²) in [6.07, 6.45) is 0.426. The number of hydrogen-bond acceptors (Lipinski definition) is 1. The summed E-state index contributed by atoms with van der Waals surface area (Å²) in [5.41, 5.74) is 3.15. The molecule has 0 N–H and O–H groups in total. The SMILES string of the molecule is CCN(C(=O)Cc1ccc(Br)cc1)c1ccccc1C. The van der Waals surface area contributed by atoms with E-state index in [2.05, 4.69) is 15.9 Å². The Labute approximate surface area is 128 Å². The van der Waals surface area contributed by atoms with Crippen LogP contribution in [-0.4, -0.2) is 12.5 Å². The van der Waals surface area contributed by atoms with Crippen LogP contribution >= 0.6 is 15.9 Å². The van der Waals surface area contributed by atoms with Gasteiger partial charge in [0.2, 0.25) is 5.91 Å². The lowest BCUT2D eigenvalue weighted by Gasteiger charge is -2.23. The molecule has 3 heteroatoms. The van der Waals surface area contributed by atoms with E-state index < -0.39 is 0 Å². The first-order chi connectivity index (χ1) is 9.61. The van der Waals surface area contributed by atoms with Crippen molar-refractivity contribution >= 4 is 27.5 Å². The van der Waals surface area contributed by atoms with Gasteiger partial charge in [0.15, 0.2) is 0 Å². The van der Waals surface area contributed by atoms with Gasteiger partial charge in [0, 0.05) is 16.7 Å². The van der Waals surface area contributed by atoms with Crippen molar-refractivity contribution in [3.8, 4) is 0 Å². The molecule has 0 spiro atoms. The zero-order chi connectivity index (χ0) is 14.5. The lowest BCUT2D eigenvalue weighted by molar-refractivity contribution is -0.117. The molecule has 2 nitrogen and oxygen atoms in total. The fourth-order valence-electron chi connectivity index (χ4n) is 2.22. The van der Waals surface area contributed by atoms with Crippen molar-refractivity contribution in [2.75, 3.05) is 11.4 Å². The highest BCUT2D eigenvalue weighted by atomic mass is 79.9. The zero-order valence-corrected chi connectivity index (χ0v) is 13.4. The minimum atomic E-state index is 0.129. The van der Waals surface area contributed by atoms with E-state index >= 15 is 0 Å². The van der Waals surface area contributed by atoms with Gasteiger partial charge >= 0.3 is 0 Å². The Morgan fingerprint density at radius 3 is 2.35 bits per heavy atom. The van der Waals surface area contributed by atoms with Crippen LogP contribution in [0.5, 0.6) is 0 Å². The third kappa shape index (κ3) is 3.48. The number of hydrogen-bond donors (Lipinski definition) is 0. The number of aryl methyl sites for hydroxylation is 1. The maximum Gasteiger partial charge on any atom is 0.231 e. The third-order valence-electron chi connectivity index (χ3n) is 3.29. The lowest BCUT2D eigenvalue weighted by atomic mass is 10.1. The van der Waals surface area contributed by atoms with Gasteiger partial charge in [-0.1, -0.05) is 46.3 Å². The Balaban J connectivity index is 2.18. The molecule has 1 amide bonds. The second kappa shape index (κ2) is 6.71. The molecule has 2 aromatic carbocycles. The van der Waals surface area contributed by atoms with Gasteiger partial charge in [-0.3, -0.25) is 4.79 Å². The fourth-order valence-corrected chi connectivity index (χ4v) is 2.48. The number of carbonyl (C=O) groups excluding carboxylic acids is 1. The largest absolute Gasteiger partial charge is 0.312 e. The molecular formula is C17H18BrNO. The molecule has 0 aliphatic carbocycles. The molecule has 0 heterocycles. The Bertz CT molecular complexity index is 592. The van der Waals surface area contributed by atoms with Crippen molar-refractivity contribution in [1.82, 2.24) is 0 Å². The average Bonchev–Trinajstić information content (AvgIpc) is 2.44. The number of para-hydroxylation sites is 1. The van der Waals surface area contributed by atoms with E-state index in [1.54, 1.807) is 0 Å². The van der Waals surface area contributed by atoms with Crippen LogP contribution in [0.25, 0.3) is 0 Å². The first-order valence-corrected chi connectivity index (χ1v) is 7.51. The normalized spacial score (nSPS) is 10.3. The van der Waals surface area contributed by atoms with Crippen molar-refractivity contribution in [3.63, 3.8) is 0 Å². The molecule has 0 aromatic heterocycles. The number of rotatable bonds is 4. The standard InChI is InChI=1S/C17H18BrNO/c1-3-19(16-7-5-4-6-13(16)2)17(20)12-14-8-10-15(18)11-9-14/h4-11H,3,12H2,1-2H3. The van der Waals surface area contributed by atoms with E-state index in [-0.39, 0.29) is 5.91 Å². The van der Waals surface area contributed by atoms with Gasteiger partial charge in [-0.15, -0.1) is 0 Å². The molecule has 0 radical (unpaired) electrons. The third-order valence-corrected chi connectivity index (χ3v) is 3.82. The number of benzene rings is 2. The minimum absolute atomic E-state index is 0.129. The van der Waals surface area contributed by atoms with Gasteiger partial charge < -0.3 is 4.90 Å². The van der Waals surface area contributed by atoms with E-state index in [0.29, 0.717) is 13.0 Å². The molecule has 2 rings (SSSR count). The number of likely N-dealkylation sites (N-methyl/N-ethyl adjacent to an activating group) is 1. The topological polar surface area (TPSA) is 20.3 Å². The van der Waals surface area contributed by atoms with E-state index in [4.69, 9.17) is 0 Å². The summed E-state index contributed by atoms with van der Waals surface area (Å²) in [7, 11) is 0. The highest BCUT2D eigenvalue weighted by Crippen LogP contribution is 2.20. The molecule has 0 unspecified atom stereocenters. The van der Waals surface area contributed by atoms with Crippen molar-refractivity contribution in [2.45, 2.75) is 20.3 Å². The Kier molecular flexibility index (Phi) is 4.96. The summed E-state index contributed by atoms with van der Waals surface area (Å²) in [6, 6.07) is 15.9. The monoisotopic (exact) mass is 331 g/mol. The summed E-state index contributed by atoms with van der Waals surface area (Å²) < 4.78 is 1.03. The number of anilines is 1. The Morgan fingerprint density at radius 2 is 1.75 bits per heavy atom. The number of amides is 1. The van der Waals surface area contributed by atoms with Gasteiger partial charge in [-0.05, 0) is 43.2 Å². The number of halogens is 1. The predicted octanol–water partition coefficient (Wildman–Crippen LogP) is 4.35. The molecule has 20 heavy (non-hydrogen) atoms. The number of carbonyl (C=O) groups is 1. The maximum atomic E-state index is 12.5. The van der Waals surface area contributed by atoms with Gasteiger partial charge in [0.05, 0.1) is 6.42 Å². The highest BCUT2D eigenvalue weighted by molar-refractivity contribution is 9.10. The molecule has 0 atom stereocenters. The molecule has 0 bridgehead atoms. The van der Waals surface area contributed by atoms with Gasteiger partial charge in [-0.25, -0.2) is 0 Å². The maximum absolute atomic E-state index is 12.5. The van der Waals surface area contributed by atoms with Crippen LogP contribution in [0.4, 0.5) is 5.69 Å². The minimum Gasteiger partial charge on any atom is -0.312 e. The quantitative estimate of drug-likeness (QED) is 0.815. The van der Waals surface area contributed by atoms with E-state index in [1.807, 2.05) is 67.3 Å². The summed E-state index contributed by atoms with van der Waals surface area (Å²) >= 11 is 3.41. The van der Waals surface area contributed by atoms with Gasteiger partial charge in [0.25, 0.3) is 0 Å². The van der Waals surface area contributed by atoms with Crippen molar-refractivity contribution < 1.29 is 4.79 Å². The summed E-state index contributed by atoms with van der Waals surface area (Å²) in [5, 5.41) is 0. The highest BCUT2D eigenvalue weighted by Gasteiger charge is 2.15. The molecule has 2 aromatic rings. The van der Waals surface area contributed by atoms with Crippen LogP contribution < -0.4 is 4.90 Å². The summed E-state index contributed by atoms with van der Waals surface area (Å²) in [5.74, 6) is 0.129. The molecule has 0 aliphatic rings. The van der Waals surface area contributed by atoms with Crippen LogP contribution in [0.2, 0.25) is 0 Å².